The first kappa shape index (κ1) is 10.1. The van der Waals surface area contributed by atoms with E-state index in [4.69, 9.17) is 5.11 Å². The normalized spacial score (nSPS) is 13.3. The van der Waals surface area contributed by atoms with Crippen molar-refractivity contribution in [3.63, 3.8) is 0 Å². The Bertz CT molecular complexity index is 177. The van der Waals surface area contributed by atoms with Crippen molar-refractivity contribution in [2.24, 2.45) is 5.41 Å². The molecule has 0 heterocycles. The van der Waals surface area contributed by atoms with Gasteiger partial charge in [-0.3, -0.25) is 4.79 Å². The monoisotopic (exact) mass is 160 g/mol. The number of alkyl halides is 1. The Labute approximate surface area is 65.7 Å². The molecule has 0 aromatic heterocycles. The van der Waals surface area contributed by atoms with Crippen LogP contribution in [-0.4, -0.2) is 17.6 Å². The molecule has 0 spiro atoms. The summed E-state index contributed by atoms with van der Waals surface area (Å²) >= 11 is 0. The van der Waals surface area contributed by atoms with E-state index in [0.29, 0.717) is 0 Å². The minimum atomic E-state index is -1.06. The minimum Gasteiger partial charge on any atom is -0.512 e. The molecule has 2 nitrogen and oxygen atoms in total. The Balaban J connectivity index is 4.35. The molecule has 0 aliphatic carbocycles. The molecular weight excluding hydrogens is 147 g/mol. The predicted octanol–water partition coefficient (Wildman–Crippen LogP) is 2.01. The first-order valence-electron chi connectivity index (χ1n) is 3.38. The third-order valence-electron chi connectivity index (χ3n) is 1.20. The van der Waals surface area contributed by atoms with E-state index in [1.54, 1.807) is 20.8 Å². The molecule has 0 aromatic rings. The van der Waals surface area contributed by atoms with Crippen LogP contribution in [-0.2, 0) is 4.79 Å². The van der Waals surface area contributed by atoms with Crippen LogP contribution in [0.4, 0.5) is 4.39 Å². The maximum Gasteiger partial charge on any atom is 0.189 e. The number of carbonyl (C=O) groups is 1. The highest BCUT2D eigenvalue weighted by Gasteiger charge is 2.16. The number of carbonyl (C=O) groups excluding carboxylic acids is 1. The molecule has 64 valence electrons. The van der Waals surface area contributed by atoms with Crippen LogP contribution in [0.1, 0.15) is 20.8 Å². The lowest BCUT2D eigenvalue weighted by molar-refractivity contribution is -0.115. The standard InChI is InChI=1S/C8H13FO2/c1-8(2,3)7(11)4-6(10)5-9/h4,11H,5H2,1-3H3. The molecule has 0 aliphatic rings. The van der Waals surface area contributed by atoms with Gasteiger partial charge in [-0.2, -0.15) is 0 Å². The Morgan fingerprint density at radius 2 is 2.00 bits per heavy atom. The van der Waals surface area contributed by atoms with Crippen LogP contribution in [0.3, 0.4) is 0 Å². The maximum absolute atomic E-state index is 11.6. The van der Waals surface area contributed by atoms with Crippen molar-refractivity contribution in [1.82, 2.24) is 0 Å². The van der Waals surface area contributed by atoms with Gasteiger partial charge in [-0.15, -0.1) is 0 Å². The van der Waals surface area contributed by atoms with Crippen molar-refractivity contribution < 1.29 is 14.3 Å². The lowest BCUT2D eigenvalue weighted by atomic mass is 9.93. The van der Waals surface area contributed by atoms with Crippen molar-refractivity contribution in [2.75, 3.05) is 6.67 Å². The van der Waals surface area contributed by atoms with Gasteiger partial charge >= 0.3 is 0 Å². The van der Waals surface area contributed by atoms with Crippen molar-refractivity contribution in [1.29, 1.82) is 0 Å². The molecule has 0 fully saturated rings. The van der Waals surface area contributed by atoms with Gasteiger partial charge < -0.3 is 5.11 Å². The van der Waals surface area contributed by atoms with Crippen molar-refractivity contribution in [3.8, 4) is 0 Å². The van der Waals surface area contributed by atoms with Gasteiger partial charge in [-0.1, -0.05) is 20.8 Å². The average Bonchev–Trinajstić information content (AvgIpc) is 1.85. The summed E-state index contributed by atoms with van der Waals surface area (Å²) in [4.78, 5) is 10.5. The second-order valence-electron chi connectivity index (χ2n) is 3.38. The molecule has 0 amide bonds. The summed E-state index contributed by atoms with van der Waals surface area (Å²) in [6, 6.07) is 0. The third-order valence-corrected chi connectivity index (χ3v) is 1.20. The van der Waals surface area contributed by atoms with E-state index in [-0.39, 0.29) is 5.76 Å². The van der Waals surface area contributed by atoms with Crippen LogP contribution >= 0.6 is 0 Å². The van der Waals surface area contributed by atoms with E-state index in [1.807, 2.05) is 0 Å². The van der Waals surface area contributed by atoms with Gasteiger partial charge in [-0.25, -0.2) is 4.39 Å². The van der Waals surface area contributed by atoms with Crippen LogP contribution < -0.4 is 0 Å². The first-order chi connectivity index (χ1) is 4.88. The maximum atomic E-state index is 11.6. The third kappa shape index (κ3) is 3.75. The fourth-order valence-electron chi connectivity index (χ4n) is 0.408. The van der Waals surface area contributed by atoms with Gasteiger partial charge in [0.25, 0.3) is 0 Å². The first-order valence-corrected chi connectivity index (χ1v) is 3.38. The second-order valence-corrected chi connectivity index (χ2v) is 3.38. The number of hydrogen-bond donors (Lipinski definition) is 1. The molecule has 0 saturated heterocycles. The zero-order valence-corrected chi connectivity index (χ0v) is 7.02. The summed E-state index contributed by atoms with van der Waals surface area (Å²) in [7, 11) is 0. The Morgan fingerprint density at radius 1 is 1.55 bits per heavy atom. The topological polar surface area (TPSA) is 37.3 Å². The molecule has 11 heavy (non-hydrogen) atoms. The van der Waals surface area contributed by atoms with E-state index < -0.39 is 17.9 Å². The van der Waals surface area contributed by atoms with Gasteiger partial charge in [0.1, 0.15) is 5.76 Å². The number of rotatable bonds is 2. The lowest BCUT2D eigenvalue weighted by Crippen LogP contribution is -2.11. The number of aliphatic hydroxyl groups excluding tert-OH is 1. The highest BCUT2D eigenvalue weighted by Crippen LogP contribution is 2.21. The zero-order valence-electron chi connectivity index (χ0n) is 7.02. The molecule has 0 aromatic carbocycles. The molecule has 0 rings (SSSR count). The van der Waals surface area contributed by atoms with E-state index in [9.17, 15) is 9.18 Å². The van der Waals surface area contributed by atoms with Crippen molar-refractivity contribution >= 4 is 5.78 Å². The molecule has 0 saturated carbocycles. The largest absolute Gasteiger partial charge is 0.512 e. The van der Waals surface area contributed by atoms with Crippen LogP contribution in [0.2, 0.25) is 0 Å². The number of halogens is 1. The molecular formula is C8H13FO2. The summed E-state index contributed by atoms with van der Waals surface area (Å²) in [6.45, 7) is 4.17. The second kappa shape index (κ2) is 3.51. The molecule has 0 unspecified atom stereocenters. The Morgan fingerprint density at radius 3 is 2.27 bits per heavy atom. The highest BCUT2D eigenvalue weighted by molar-refractivity contribution is 5.91. The number of ketones is 1. The van der Waals surface area contributed by atoms with Crippen LogP contribution in [0.15, 0.2) is 11.8 Å². The van der Waals surface area contributed by atoms with Crippen LogP contribution in [0, 0.1) is 5.41 Å². The highest BCUT2D eigenvalue weighted by atomic mass is 19.1. The summed E-state index contributed by atoms with van der Waals surface area (Å²) in [5.41, 5.74) is -0.481. The van der Waals surface area contributed by atoms with Gasteiger partial charge in [0, 0.05) is 11.5 Å². The lowest BCUT2D eigenvalue weighted by Gasteiger charge is -2.16. The zero-order chi connectivity index (χ0) is 9.07. The van der Waals surface area contributed by atoms with Gasteiger partial charge in [0.15, 0.2) is 12.5 Å². The van der Waals surface area contributed by atoms with E-state index in [2.05, 4.69) is 0 Å². The van der Waals surface area contributed by atoms with Crippen LogP contribution in [0.25, 0.3) is 0 Å². The predicted molar refractivity (Wildman–Crippen MR) is 41.1 cm³/mol. The van der Waals surface area contributed by atoms with Gasteiger partial charge in [0.2, 0.25) is 0 Å². The number of aliphatic hydroxyl groups is 1. The fraction of sp³-hybridized carbons (Fsp3) is 0.625. The quantitative estimate of drug-likeness (QED) is 0.495. The van der Waals surface area contributed by atoms with Gasteiger partial charge in [0.05, 0.1) is 0 Å². The Hall–Kier alpha value is -0.860. The average molecular weight is 160 g/mol. The molecule has 1 N–H and O–H groups in total. The van der Waals surface area contributed by atoms with Crippen molar-refractivity contribution in [2.45, 2.75) is 20.8 Å². The van der Waals surface area contributed by atoms with Gasteiger partial charge in [-0.05, 0) is 0 Å². The molecule has 0 bridgehead atoms. The summed E-state index contributed by atoms with van der Waals surface area (Å²) in [5.74, 6) is -0.780. The van der Waals surface area contributed by atoms with E-state index in [1.165, 1.54) is 0 Å². The number of allylic oxidation sites excluding steroid dienone is 2. The Kier molecular flexibility index (Phi) is 3.23. The molecule has 0 atom stereocenters. The number of hydrogen-bond acceptors (Lipinski definition) is 2. The summed E-state index contributed by atoms with van der Waals surface area (Å²) < 4.78 is 11.6. The van der Waals surface area contributed by atoms with Crippen LogP contribution in [0.5, 0.6) is 0 Å². The van der Waals surface area contributed by atoms with Crippen molar-refractivity contribution in [3.05, 3.63) is 11.8 Å². The minimum absolute atomic E-state index is 0.0832. The van der Waals surface area contributed by atoms with E-state index >= 15 is 0 Å². The SMILES string of the molecule is CC(C)(C)C(O)=CC(=O)CF. The molecule has 0 radical (unpaired) electrons. The smallest absolute Gasteiger partial charge is 0.189 e. The summed E-state index contributed by atoms with van der Waals surface area (Å²) in [5, 5.41) is 9.16. The van der Waals surface area contributed by atoms with E-state index in [0.717, 1.165) is 6.08 Å². The summed E-state index contributed by atoms with van der Waals surface area (Å²) in [6.07, 6.45) is 0.931. The molecule has 0 aliphatic heterocycles. The molecule has 3 heteroatoms. The fourth-order valence-corrected chi connectivity index (χ4v) is 0.408.